The van der Waals surface area contributed by atoms with Gasteiger partial charge in [0.15, 0.2) is 0 Å². The molecule has 0 fully saturated rings. The van der Waals surface area contributed by atoms with E-state index in [1.54, 1.807) is 0 Å². The van der Waals surface area contributed by atoms with Gasteiger partial charge in [-0.15, -0.1) is 0 Å². The molecule has 0 saturated carbocycles. The largest absolute Gasteiger partial charge is 0.320 e. The van der Waals surface area contributed by atoms with Crippen LogP contribution in [-0.4, -0.2) is 26.7 Å². The molecule has 0 aromatic rings. The van der Waals surface area contributed by atoms with E-state index in [9.17, 15) is 0 Å². The second kappa shape index (κ2) is 7.53. The Morgan fingerprint density at radius 3 is 2.33 bits per heavy atom. The second-order valence-electron chi connectivity index (χ2n) is 3.41. The molecule has 3 heteroatoms. The first-order chi connectivity index (χ1) is 5.72. The molecule has 3 nitrogen and oxygen atoms in total. The Balaban J connectivity index is 3.35. The van der Waals surface area contributed by atoms with Crippen LogP contribution >= 0.6 is 0 Å². The molecule has 2 atom stereocenters. The number of rotatable bonds is 7. The van der Waals surface area contributed by atoms with E-state index in [4.69, 9.17) is 0 Å². The molecule has 0 saturated heterocycles. The summed E-state index contributed by atoms with van der Waals surface area (Å²) in [4.78, 5) is 0. The van der Waals surface area contributed by atoms with Crippen LogP contribution in [0.3, 0.4) is 0 Å². The van der Waals surface area contributed by atoms with Crippen molar-refractivity contribution in [3.63, 3.8) is 0 Å². The first-order valence-electron chi connectivity index (χ1n) is 4.79. The van der Waals surface area contributed by atoms with E-state index in [2.05, 4.69) is 30.0 Å². The first-order valence-corrected chi connectivity index (χ1v) is 4.79. The van der Waals surface area contributed by atoms with Crippen molar-refractivity contribution in [1.82, 2.24) is 16.2 Å². The van der Waals surface area contributed by atoms with Crippen LogP contribution in [0.2, 0.25) is 0 Å². The van der Waals surface area contributed by atoms with Crippen molar-refractivity contribution in [3.8, 4) is 0 Å². The van der Waals surface area contributed by atoms with E-state index in [0.717, 1.165) is 12.5 Å². The van der Waals surface area contributed by atoms with E-state index in [1.165, 1.54) is 12.8 Å². The molecule has 0 heterocycles. The maximum atomic E-state index is 3.20. The van der Waals surface area contributed by atoms with E-state index in [-0.39, 0.29) is 0 Å². The molecule has 0 bridgehead atoms. The van der Waals surface area contributed by atoms with Gasteiger partial charge in [-0.3, -0.25) is 10.9 Å². The Hall–Kier alpha value is -0.120. The third kappa shape index (κ3) is 5.52. The number of hydrogen-bond donors (Lipinski definition) is 3. The maximum absolute atomic E-state index is 3.20. The van der Waals surface area contributed by atoms with Crippen LogP contribution in [0.1, 0.15) is 26.7 Å². The molecular formula is C9H23N3. The quantitative estimate of drug-likeness (QED) is 0.392. The van der Waals surface area contributed by atoms with Crippen LogP contribution < -0.4 is 16.2 Å². The predicted octanol–water partition coefficient (Wildman–Crippen LogP) is 0.735. The normalized spacial score (nSPS) is 16.0. The molecule has 0 aromatic carbocycles. The van der Waals surface area contributed by atoms with Crippen LogP contribution in [0.5, 0.6) is 0 Å². The summed E-state index contributed by atoms with van der Waals surface area (Å²) in [5, 5.41) is 3.16. The van der Waals surface area contributed by atoms with Gasteiger partial charge in [0.2, 0.25) is 0 Å². The molecule has 0 rings (SSSR count). The Morgan fingerprint density at radius 1 is 1.17 bits per heavy atom. The van der Waals surface area contributed by atoms with Gasteiger partial charge in [0.25, 0.3) is 0 Å². The van der Waals surface area contributed by atoms with Crippen molar-refractivity contribution < 1.29 is 0 Å². The topological polar surface area (TPSA) is 36.1 Å². The summed E-state index contributed by atoms with van der Waals surface area (Å²) < 4.78 is 0. The van der Waals surface area contributed by atoms with Gasteiger partial charge in [-0.25, -0.2) is 0 Å². The van der Waals surface area contributed by atoms with Crippen LogP contribution in [0.25, 0.3) is 0 Å². The molecule has 3 N–H and O–H groups in total. The Morgan fingerprint density at radius 2 is 1.83 bits per heavy atom. The van der Waals surface area contributed by atoms with Gasteiger partial charge in [0, 0.05) is 6.04 Å². The van der Waals surface area contributed by atoms with Crippen LogP contribution in [0, 0.1) is 5.92 Å². The molecule has 0 spiro atoms. The zero-order valence-corrected chi connectivity index (χ0v) is 8.78. The molecule has 0 radical (unpaired) electrons. The fourth-order valence-electron chi connectivity index (χ4n) is 1.22. The summed E-state index contributed by atoms with van der Waals surface area (Å²) in [5.41, 5.74) is 6.17. The van der Waals surface area contributed by atoms with Gasteiger partial charge in [-0.05, 0) is 46.3 Å². The summed E-state index contributed by atoms with van der Waals surface area (Å²) in [6.45, 7) is 5.61. The molecule has 0 aliphatic carbocycles. The summed E-state index contributed by atoms with van der Waals surface area (Å²) in [7, 11) is 3.91. The third-order valence-electron chi connectivity index (χ3n) is 2.31. The molecule has 0 aliphatic heterocycles. The van der Waals surface area contributed by atoms with Gasteiger partial charge in [-0.2, -0.15) is 0 Å². The highest BCUT2D eigenvalue weighted by Gasteiger charge is 2.09. The minimum Gasteiger partial charge on any atom is -0.320 e. The van der Waals surface area contributed by atoms with Crippen molar-refractivity contribution in [1.29, 1.82) is 0 Å². The minimum atomic E-state index is 0.548. The highest BCUT2D eigenvalue weighted by Crippen LogP contribution is 2.08. The van der Waals surface area contributed by atoms with Crippen molar-refractivity contribution in [2.75, 3.05) is 20.6 Å². The van der Waals surface area contributed by atoms with E-state index < -0.39 is 0 Å². The van der Waals surface area contributed by atoms with Crippen molar-refractivity contribution >= 4 is 0 Å². The molecule has 2 unspecified atom stereocenters. The summed E-state index contributed by atoms with van der Waals surface area (Å²) in [6.07, 6.45) is 2.53. The summed E-state index contributed by atoms with van der Waals surface area (Å²) >= 11 is 0. The Kier molecular flexibility index (Phi) is 7.45. The standard InChI is InChI=1S/C9H23N3/c1-8(6-5-7-10-3)9(2)12-11-4/h8-12H,5-7H2,1-4H3. The molecule has 12 heavy (non-hydrogen) atoms. The number of hydrogen-bond acceptors (Lipinski definition) is 3. The van der Waals surface area contributed by atoms with E-state index in [0.29, 0.717) is 6.04 Å². The lowest BCUT2D eigenvalue weighted by atomic mass is 9.98. The van der Waals surface area contributed by atoms with Gasteiger partial charge >= 0.3 is 0 Å². The minimum absolute atomic E-state index is 0.548. The van der Waals surface area contributed by atoms with Crippen LogP contribution in [0.4, 0.5) is 0 Å². The SMILES string of the molecule is CNCCCC(C)C(C)NNC. The molecule has 0 amide bonds. The zero-order valence-electron chi connectivity index (χ0n) is 8.78. The van der Waals surface area contributed by atoms with Crippen molar-refractivity contribution in [2.45, 2.75) is 32.7 Å². The monoisotopic (exact) mass is 173 g/mol. The average Bonchev–Trinajstić information content (AvgIpc) is 2.05. The van der Waals surface area contributed by atoms with E-state index >= 15 is 0 Å². The van der Waals surface area contributed by atoms with Crippen LogP contribution in [-0.2, 0) is 0 Å². The number of nitrogens with one attached hydrogen (secondary N) is 3. The maximum Gasteiger partial charge on any atom is 0.0210 e. The van der Waals surface area contributed by atoms with Crippen molar-refractivity contribution in [2.24, 2.45) is 5.92 Å². The predicted molar refractivity (Wildman–Crippen MR) is 54.0 cm³/mol. The van der Waals surface area contributed by atoms with Crippen LogP contribution in [0.15, 0.2) is 0 Å². The third-order valence-corrected chi connectivity index (χ3v) is 2.31. The smallest absolute Gasteiger partial charge is 0.0210 e. The van der Waals surface area contributed by atoms with Gasteiger partial charge in [0.1, 0.15) is 0 Å². The zero-order chi connectivity index (χ0) is 9.40. The highest BCUT2D eigenvalue weighted by molar-refractivity contribution is 4.66. The second-order valence-corrected chi connectivity index (χ2v) is 3.41. The lowest BCUT2D eigenvalue weighted by molar-refractivity contribution is 0.345. The fourth-order valence-corrected chi connectivity index (χ4v) is 1.22. The van der Waals surface area contributed by atoms with Gasteiger partial charge in [-0.1, -0.05) is 6.92 Å². The summed E-state index contributed by atoms with van der Waals surface area (Å²) in [6, 6.07) is 0.548. The number of hydrazine groups is 1. The summed E-state index contributed by atoms with van der Waals surface area (Å²) in [5.74, 6) is 0.728. The van der Waals surface area contributed by atoms with Crippen molar-refractivity contribution in [3.05, 3.63) is 0 Å². The molecular weight excluding hydrogens is 150 g/mol. The lowest BCUT2D eigenvalue weighted by Crippen LogP contribution is -2.40. The molecule has 74 valence electrons. The fraction of sp³-hybridized carbons (Fsp3) is 1.00. The average molecular weight is 173 g/mol. The first kappa shape index (κ1) is 11.9. The Bertz CT molecular complexity index is 95.8. The van der Waals surface area contributed by atoms with Gasteiger partial charge in [0.05, 0.1) is 0 Å². The van der Waals surface area contributed by atoms with Gasteiger partial charge < -0.3 is 5.32 Å². The lowest BCUT2D eigenvalue weighted by Gasteiger charge is -2.20. The molecule has 0 aliphatic rings. The molecule has 0 aromatic heterocycles. The highest BCUT2D eigenvalue weighted by atomic mass is 15.3. The Labute approximate surface area is 76.3 Å². The van der Waals surface area contributed by atoms with E-state index in [1.807, 2.05) is 14.1 Å².